The molecule has 3 nitrogen and oxygen atoms in total. The highest BCUT2D eigenvalue weighted by Crippen LogP contribution is 2.36. The maximum absolute atomic E-state index is 9.45. The van der Waals surface area contributed by atoms with Crippen LogP contribution in [0, 0.1) is 5.41 Å². The minimum atomic E-state index is 0.182. The highest BCUT2D eigenvalue weighted by Gasteiger charge is 2.32. The van der Waals surface area contributed by atoms with Crippen LogP contribution in [0.4, 0.5) is 0 Å². The molecule has 0 aliphatic heterocycles. The van der Waals surface area contributed by atoms with E-state index in [0.29, 0.717) is 6.61 Å². The maximum Gasteiger partial charge on any atom is 0.0499 e. The van der Waals surface area contributed by atoms with Crippen LogP contribution >= 0.6 is 0 Å². The Morgan fingerprint density at radius 2 is 1.75 bits per heavy atom. The van der Waals surface area contributed by atoms with E-state index in [9.17, 15) is 5.11 Å². The molecule has 0 heterocycles. The lowest BCUT2D eigenvalue weighted by Gasteiger charge is -2.27. The number of rotatable bonds is 6. The maximum atomic E-state index is 9.45. The molecule has 96 valence electrons. The summed E-state index contributed by atoms with van der Waals surface area (Å²) < 4.78 is 0. The van der Waals surface area contributed by atoms with Crippen molar-refractivity contribution in [3.63, 3.8) is 0 Å². The van der Waals surface area contributed by atoms with Crippen LogP contribution in [0.15, 0.2) is 0 Å². The molecule has 3 heteroatoms. The summed E-state index contributed by atoms with van der Waals surface area (Å²) in [4.78, 5) is 0. The van der Waals surface area contributed by atoms with Gasteiger partial charge in [0.25, 0.3) is 0 Å². The molecule has 0 unspecified atom stereocenters. The highest BCUT2D eigenvalue weighted by molar-refractivity contribution is 4.86. The zero-order valence-electron chi connectivity index (χ0n) is 11.1. The Morgan fingerprint density at radius 1 is 1.12 bits per heavy atom. The second-order valence-electron chi connectivity index (χ2n) is 6.22. The van der Waals surface area contributed by atoms with Gasteiger partial charge in [-0.1, -0.05) is 12.8 Å². The Labute approximate surface area is 100 Å². The second-order valence-corrected chi connectivity index (χ2v) is 6.22. The SMILES string of the molecule is CC(C)(C)NCCNCC1(CO)CCCC1. The van der Waals surface area contributed by atoms with Crippen molar-refractivity contribution in [1.82, 2.24) is 10.6 Å². The van der Waals surface area contributed by atoms with Gasteiger partial charge in [-0.15, -0.1) is 0 Å². The van der Waals surface area contributed by atoms with Crippen LogP contribution in [-0.2, 0) is 0 Å². The van der Waals surface area contributed by atoms with Gasteiger partial charge in [0.2, 0.25) is 0 Å². The second kappa shape index (κ2) is 5.99. The predicted octanol–water partition coefficient (Wildman–Crippen LogP) is 1.52. The molecule has 16 heavy (non-hydrogen) atoms. The largest absolute Gasteiger partial charge is 0.396 e. The molecule has 0 bridgehead atoms. The summed E-state index contributed by atoms with van der Waals surface area (Å²) in [7, 11) is 0. The van der Waals surface area contributed by atoms with Crippen molar-refractivity contribution in [1.29, 1.82) is 0 Å². The molecular formula is C13H28N2O. The van der Waals surface area contributed by atoms with Gasteiger partial charge in [-0.2, -0.15) is 0 Å². The van der Waals surface area contributed by atoms with Crippen molar-refractivity contribution in [2.24, 2.45) is 5.41 Å². The first-order chi connectivity index (χ1) is 7.47. The molecule has 0 saturated heterocycles. The minimum Gasteiger partial charge on any atom is -0.396 e. The molecule has 1 fully saturated rings. The molecule has 1 aliphatic carbocycles. The van der Waals surface area contributed by atoms with Gasteiger partial charge in [0, 0.05) is 37.2 Å². The summed E-state index contributed by atoms with van der Waals surface area (Å²) in [5.74, 6) is 0. The fourth-order valence-corrected chi connectivity index (χ4v) is 2.40. The summed E-state index contributed by atoms with van der Waals surface area (Å²) in [6, 6.07) is 0. The first-order valence-electron chi connectivity index (χ1n) is 6.54. The average Bonchev–Trinajstić information content (AvgIpc) is 2.65. The first kappa shape index (κ1) is 13.9. The lowest BCUT2D eigenvalue weighted by atomic mass is 9.87. The van der Waals surface area contributed by atoms with Crippen molar-refractivity contribution in [3.05, 3.63) is 0 Å². The monoisotopic (exact) mass is 228 g/mol. The Morgan fingerprint density at radius 3 is 2.25 bits per heavy atom. The Kier molecular flexibility index (Phi) is 5.22. The van der Waals surface area contributed by atoms with Crippen LogP contribution in [-0.4, -0.2) is 36.9 Å². The van der Waals surface area contributed by atoms with E-state index in [0.717, 1.165) is 19.6 Å². The molecule has 1 rings (SSSR count). The third kappa shape index (κ3) is 4.81. The number of hydrogen-bond acceptors (Lipinski definition) is 3. The minimum absolute atomic E-state index is 0.182. The Bertz CT molecular complexity index is 193. The van der Waals surface area contributed by atoms with Crippen LogP contribution in [0.3, 0.4) is 0 Å². The summed E-state index contributed by atoms with van der Waals surface area (Å²) in [6.07, 6.45) is 4.93. The molecule has 0 aromatic rings. The van der Waals surface area contributed by atoms with Crippen molar-refractivity contribution in [2.45, 2.75) is 52.0 Å². The van der Waals surface area contributed by atoms with E-state index < -0.39 is 0 Å². The molecule has 0 aromatic heterocycles. The number of nitrogens with one attached hydrogen (secondary N) is 2. The molecule has 0 radical (unpaired) electrons. The molecule has 0 amide bonds. The van der Waals surface area contributed by atoms with Gasteiger partial charge in [0.1, 0.15) is 0 Å². The standard InChI is InChI=1S/C13H28N2O/c1-12(2,3)15-9-8-14-10-13(11-16)6-4-5-7-13/h14-16H,4-11H2,1-3H3. The fraction of sp³-hybridized carbons (Fsp3) is 1.00. The first-order valence-corrected chi connectivity index (χ1v) is 6.54. The molecule has 3 N–H and O–H groups in total. The van der Waals surface area contributed by atoms with E-state index in [2.05, 4.69) is 31.4 Å². The number of aliphatic hydroxyl groups is 1. The summed E-state index contributed by atoms with van der Waals surface area (Å²) in [6.45, 7) is 9.82. The van der Waals surface area contributed by atoms with Crippen LogP contribution in [0.25, 0.3) is 0 Å². The van der Waals surface area contributed by atoms with E-state index in [1.807, 2.05) is 0 Å². The fourth-order valence-electron chi connectivity index (χ4n) is 2.40. The number of hydrogen-bond donors (Lipinski definition) is 3. The zero-order chi connectivity index (χ0) is 12.1. The third-order valence-electron chi connectivity index (χ3n) is 3.46. The predicted molar refractivity (Wildman–Crippen MR) is 68.6 cm³/mol. The van der Waals surface area contributed by atoms with Crippen LogP contribution in [0.2, 0.25) is 0 Å². The van der Waals surface area contributed by atoms with Crippen molar-refractivity contribution in [3.8, 4) is 0 Å². The van der Waals surface area contributed by atoms with Gasteiger partial charge < -0.3 is 15.7 Å². The average molecular weight is 228 g/mol. The lowest BCUT2D eigenvalue weighted by Crippen LogP contribution is -2.42. The molecular weight excluding hydrogens is 200 g/mol. The third-order valence-corrected chi connectivity index (χ3v) is 3.46. The van der Waals surface area contributed by atoms with Gasteiger partial charge in [-0.3, -0.25) is 0 Å². The van der Waals surface area contributed by atoms with Crippen molar-refractivity contribution < 1.29 is 5.11 Å². The van der Waals surface area contributed by atoms with E-state index in [-0.39, 0.29) is 11.0 Å². The zero-order valence-corrected chi connectivity index (χ0v) is 11.1. The normalized spacial score (nSPS) is 20.2. The Balaban J connectivity index is 2.10. The van der Waals surface area contributed by atoms with E-state index >= 15 is 0 Å². The van der Waals surface area contributed by atoms with Gasteiger partial charge in [-0.25, -0.2) is 0 Å². The lowest BCUT2D eigenvalue weighted by molar-refractivity contribution is 0.128. The van der Waals surface area contributed by atoms with Gasteiger partial charge in [0.15, 0.2) is 0 Å². The smallest absolute Gasteiger partial charge is 0.0499 e. The van der Waals surface area contributed by atoms with E-state index in [4.69, 9.17) is 0 Å². The summed E-state index contributed by atoms with van der Waals surface area (Å²) in [5.41, 5.74) is 0.380. The molecule has 1 aliphatic rings. The topological polar surface area (TPSA) is 44.3 Å². The molecule has 0 atom stereocenters. The summed E-state index contributed by atoms with van der Waals surface area (Å²) >= 11 is 0. The summed E-state index contributed by atoms with van der Waals surface area (Å²) in [5, 5.41) is 16.4. The molecule has 0 aromatic carbocycles. The molecule has 0 spiro atoms. The van der Waals surface area contributed by atoms with Gasteiger partial charge in [-0.05, 0) is 33.6 Å². The van der Waals surface area contributed by atoms with Gasteiger partial charge >= 0.3 is 0 Å². The van der Waals surface area contributed by atoms with Crippen LogP contribution in [0.5, 0.6) is 0 Å². The molecule has 1 saturated carbocycles. The van der Waals surface area contributed by atoms with E-state index in [1.54, 1.807) is 0 Å². The van der Waals surface area contributed by atoms with E-state index in [1.165, 1.54) is 25.7 Å². The van der Waals surface area contributed by atoms with Gasteiger partial charge in [0.05, 0.1) is 0 Å². The highest BCUT2D eigenvalue weighted by atomic mass is 16.3. The van der Waals surface area contributed by atoms with Crippen LogP contribution in [0.1, 0.15) is 46.5 Å². The Hall–Kier alpha value is -0.120. The van der Waals surface area contributed by atoms with Crippen molar-refractivity contribution in [2.75, 3.05) is 26.2 Å². The van der Waals surface area contributed by atoms with Crippen molar-refractivity contribution >= 4 is 0 Å². The number of aliphatic hydroxyl groups excluding tert-OH is 1. The van der Waals surface area contributed by atoms with Crippen LogP contribution < -0.4 is 10.6 Å². The quantitative estimate of drug-likeness (QED) is 0.604.